The number of nitrogens with zero attached hydrogens (tertiary/aromatic N) is 1. The van der Waals surface area contributed by atoms with E-state index in [1.54, 1.807) is 18.6 Å². The van der Waals surface area contributed by atoms with Crippen molar-refractivity contribution in [2.24, 2.45) is 40.9 Å². The van der Waals surface area contributed by atoms with Gasteiger partial charge in [0, 0.05) is 11.8 Å². The van der Waals surface area contributed by atoms with E-state index in [0.29, 0.717) is 11.5 Å². The van der Waals surface area contributed by atoms with E-state index >= 15 is 0 Å². The minimum Gasteiger partial charge on any atom is -0.228 e. The van der Waals surface area contributed by atoms with Crippen molar-refractivity contribution in [3.63, 3.8) is 0 Å². The summed E-state index contributed by atoms with van der Waals surface area (Å²) in [5.74, 6) is 7.33. The first-order valence-corrected chi connectivity index (χ1v) is 10.5. The van der Waals surface area contributed by atoms with Crippen LogP contribution in [0.15, 0.2) is 42.6 Å². The molecule has 2 heteroatoms. The molecule has 1 aromatic heterocycles. The second-order valence-corrected chi connectivity index (χ2v) is 9.65. The zero-order chi connectivity index (χ0) is 17.0. The molecule has 26 heavy (non-hydrogen) atoms. The maximum atomic E-state index is 13.9. The smallest absolute Gasteiger partial charge is 0.220 e. The summed E-state index contributed by atoms with van der Waals surface area (Å²) in [6.45, 7) is 0. The van der Waals surface area contributed by atoms with Crippen molar-refractivity contribution < 1.29 is 4.39 Å². The van der Waals surface area contributed by atoms with E-state index < -0.39 is 0 Å². The van der Waals surface area contributed by atoms with E-state index in [9.17, 15) is 4.39 Å². The van der Waals surface area contributed by atoms with E-state index in [2.05, 4.69) is 29.2 Å². The van der Waals surface area contributed by atoms with Gasteiger partial charge in [0.15, 0.2) is 0 Å². The molecule has 1 heterocycles. The quantitative estimate of drug-likeness (QED) is 0.653. The molecular weight excluding hydrogens is 321 g/mol. The van der Waals surface area contributed by atoms with Gasteiger partial charge in [0.05, 0.1) is 0 Å². The molecule has 4 atom stereocenters. The summed E-state index contributed by atoms with van der Waals surface area (Å²) in [5, 5.41) is 0. The lowest BCUT2D eigenvalue weighted by atomic mass is 9.73. The Kier molecular flexibility index (Phi) is 2.53. The topological polar surface area (TPSA) is 12.9 Å². The van der Waals surface area contributed by atoms with E-state index in [1.807, 2.05) is 0 Å². The molecule has 5 aliphatic rings. The first-order valence-electron chi connectivity index (χ1n) is 10.5. The summed E-state index contributed by atoms with van der Waals surface area (Å²) < 4.78 is 13.9. The number of pyridine rings is 1. The molecule has 7 rings (SSSR count). The number of aromatic nitrogens is 1. The lowest BCUT2D eigenvalue weighted by molar-refractivity contribution is 0.210. The lowest BCUT2D eigenvalue weighted by Crippen LogP contribution is -2.22. The summed E-state index contributed by atoms with van der Waals surface area (Å²) in [4.78, 5) is 3.76. The number of hydrogen-bond donors (Lipinski definition) is 0. The molecule has 0 amide bonds. The Morgan fingerprint density at radius 3 is 2.27 bits per heavy atom. The Morgan fingerprint density at radius 2 is 1.65 bits per heavy atom. The van der Waals surface area contributed by atoms with Crippen LogP contribution in [0.1, 0.15) is 43.6 Å². The van der Waals surface area contributed by atoms with Gasteiger partial charge in [-0.1, -0.05) is 24.3 Å². The third kappa shape index (κ3) is 1.69. The molecule has 0 saturated heterocycles. The fraction of sp³-hybridized carbons (Fsp3) is 0.542. The summed E-state index contributed by atoms with van der Waals surface area (Å²) in [6, 6.07) is 12.2. The molecule has 2 aromatic rings. The summed E-state index contributed by atoms with van der Waals surface area (Å²) in [7, 11) is 0. The molecule has 1 aromatic carbocycles. The highest BCUT2D eigenvalue weighted by Crippen LogP contribution is 3.05. The lowest BCUT2D eigenvalue weighted by Gasteiger charge is -2.32. The van der Waals surface area contributed by atoms with Crippen LogP contribution in [0.3, 0.4) is 0 Å². The molecule has 4 unspecified atom stereocenters. The molecule has 0 bridgehead atoms. The van der Waals surface area contributed by atoms with Gasteiger partial charge in [-0.3, -0.25) is 0 Å². The van der Waals surface area contributed by atoms with Crippen LogP contribution in [0.25, 0.3) is 11.1 Å². The van der Waals surface area contributed by atoms with E-state index in [0.717, 1.165) is 22.8 Å². The third-order valence-corrected chi connectivity index (χ3v) is 8.86. The molecular formula is C24H24FN. The average molecular weight is 345 g/mol. The molecule has 5 saturated carbocycles. The first kappa shape index (κ1) is 14.4. The maximum absolute atomic E-state index is 13.9. The van der Waals surface area contributed by atoms with E-state index in [4.69, 9.17) is 0 Å². The monoisotopic (exact) mass is 345 g/mol. The van der Waals surface area contributed by atoms with Crippen LogP contribution in [-0.2, 0) is 0 Å². The van der Waals surface area contributed by atoms with E-state index in [1.165, 1.54) is 61.1 Å². The van der Waals surface area contributed by atoms with E-state index in [-0.39, 0.29) is 5.95 Å². The standard InChI is InChI=1S/C24H24FN/c25-23-17(2-1-11-26-23)15-7-3-13(4-8-15)14-5-9-16(10-6-14)20-21-22(20)24(21)18-12-19(18)24/h1-4,7-8,11,14,16,18-22H,5-6,9-10,12H2/t14-,16-,18?,19?,20?,21?,22?,24?. The average Bonchev–Trinajstić information content (AvgIpc) is 3.52. The summed E-state index contributed by atoms with van der Waals surface area (Å²) in [6.07, 6.45) is 8.66. The Balaban J connectivity index is 1.01. The Hall–Kier alpha value is -1.70. The highest BCUT2D eigenvalue weighted by atomic mass is 19.1. The Morgan fingerprint density at radius 1 is 0.923 bits per heavy atom. The van der Waals surface area contributed by atoms with Crippen molar-refractivity contribution in [3.05, 3.63) is 54.1 Å². The van der Waals surface area contributed by atoms with Crippen molar-refractivity contribution in [3.8, 4) is 11.1 Å². The Labute approximate surface area is 154 Å². The molecule has 5 fully saturated rings. The highest BCUT2D eigenvalue weighted by molar-refractivity contribution is 5.63. The zero-order valence-electron chi connectivity index (χ0n) is 14.9. The molecule has 1 spiro atoms. The van der Waals surface area contributed by atoms with Gasteiger partial charge >= 0.3 is 0 Å². The van der Waals surface area contributed by atoms with Crippen LogP contribution in [-0.4, -0.2) is 4.98 Å². The second-order valence-electron chi connectivity index (χ2n) is 9.65. The van der Waals surface area contributed by atoms with Crippen molar-refractivity contribution in [2.45, 2.75) is 38.0 Å². The van der Waals surface area contributed by atoms with Gasteiger partial charge in [-0.2, -0.15) is 4.39 Å². The van der Waals surface area contributed by atoms with Gasteiger partial charge in [-0.25, -0.2) is 4.98 Å². The van der Waals surface area contributed by atoms with Crippen LogP contribution < -0.4 is 0 Å². The molecule has 0 radical (unpaired) electrons. The van der Waals surface area contributed by atoms with Gasteiger partial charge in [0.1, 0.15) is 0 Å². The molecule has 5 aliphatic carbocycles. The normalized spacial score (nSPS) is 46.4. The van der Waals surface area contributed by atoms with Gasteiger partial charge < -0.3 is 0 Å². The highest BCUT2D eigenvalue weighted by Gasteiger charge is 3.01. The minimum absolute atomic E-state index is 0.380. The Bertz CT molecular complexity index is 875. The SMILES string of the molecule is Fc1ncccc1-c1ccc([C@H]2CC[C@H](C3C4C3C43C4CC43)CC2)cc1. The number of fused-ring (bicyclic) bond motifs is 6. The first-order chi connectivity index (χ1) is 12.8. The van der Waals surface area contributed by atoms with Gasteiger partial charge in [-0.05, 0) is 102 Å². The fourth-order valence-electron chi connectivity index (χ4n) is 7.35. The van der Waals surface area contributed by atoms with Crippen LogP contribution in [0.4, 0.5) is 4.39 Å². The van der Waals surface area contributed by atoms with Crippen LogP contribution in [0, 0.1) is 46.9 Å². The summed E-state index contributed by atoms with van der Waals surface area (Å²) >= 11 is 0. The van der Waals surface area contributed by atoms with Gasteiger partial charge in [-0.15, -0.1) is 0 Å². The maximum Gasteiger partial charge on any atom is 0.220 e. The van der Waals surface area contributed by atoms with Gasteiger partial charge in [0.2, 0.25) is 5.95 Å². The number of hydrogen-bond acceptors (Lipinski definition) is 1. The van der Waals surface area contributed by atoms with Crippen molar-refractivity contribution in [2.75, 3.05) is 0 Å². The predicted octanol–water partition coefficient (Wildman–Crippen LogP) is 5.67. The van der Waals surface area contributed by atoms with Crippen LogP contribution in [0.2, 0.25) is 0 Å². The van der Waals surface area contributed by atoms with Crippen LogP contribution >= 0.6 is 0 Å². The molecule has 1 nitrogen and oxygen atoms in total. The molecule has 0 N–H and O–H groups in total. The van der Waals surface area contributed by atoms with Gasteiger partial charge in [0.25, 0.3) is 0 Å². The number of halogens is 1. The summed E-state index contributed by atoms with van der Waals surface area (Å²) in [5.41, 5.74) is 3.96. The molecule has 132 valence electrons. The predicted molar refractivity (Wildman–Crippen MR) is 98.8 cm³/mol. The molecule has 0 aliphatic heterocycles. The third-order valence-electron chi connectivity index (χ3n) is 8.86. The van der Waals surface area contributed by atoms with Crippen molar-refractivity contribution in [1.82, 2.24) is 4.98 Å². The van der Waals surface area contributed by atoms with Crippen molar-refractivity contribution >= 4 is 0 Å². The van der Waals surface area contributed by atoms with Crippen molar-refractivity contribution in [1.29, 1.82) is 0 Å². The number of benzene rings is 1. The van der Waals surface area contributed by atoms with Crippen LogP contribution in [0.5, 0.6) is 0 Å². The second kappa shape index (κ2) is 4.58. The largest absolute Gasteiger partial charge is 0.228 e. The number of rotatable bonds is 3. The minimum atomic E-state index is -0.380. The fourth-order valence-corrected chi connectivity index (χ4v) is 7.35. The zero-order valence-corrected chi connectivity index (χ0v) is 14.9.